The molecule has 8 nitrogen and oxygen atoms in total. The van der Waals surface area contributed by atoms with E-state index in [2.05, 4.69) is 25.3 Å². The lowest BCUT2D eigenvalue weighted by Gasteiger charge is -2.16. The zero-order chi connectivity index (χ0) is 18.8. The van der Waals surface area contributed by atoms with Gasteiger partial charge in [0.1, 0.15) is 12.0 Å². The Labute approximate surface area is 160 Å². The number of benzene rings is 1. The predicted octanol–water partition coefficient (Wildman–Crippen LogP) is 3.22. The molecule has 4 aromatic rings. The normalized spacial score (nSPS) is 10.9. The lowest BCUT2D eigenvalue weighted by Crippen LogP contribution is -2.20. The molecular formula is C18H16ClN7O. The highest BCUT2D eigenvalue weighted by molar-refractivity contribution is 6.30. The molecule has 0 aliphatic rings. The van der Waals surface area contributed by atoms with Crippen molar-refractivity contribution in [3.05, 3.63) is 59.8 Å². The predicted molar refractivity (Wildman–Crippen MR) is 101 cm³/mol. The Morgan fingerprint density at radius 2 is 1.93 bits per heavy atom. The van der Waals surface area contributed by atoms with Crippen LogP contribution < -0.4 is 4.90 Å². The molecule has 0 saturated carbocycles. The molecule has 0 saturated heterocycles. The minimum atomic E-state index is 0.515. The van der Waals surface area contributed by atoms with Gasteiger partial charge >= 0.3 is 0 Å². The Morgan fingerprint density at radius 3 is 2.70 bits per heavy atom. The highest BCUT2D eigenvalue weighted by Gasteiger charge is 2.16. The van der Waals surface area contributed by atoms with Crippen LogP contribution in [0.5, 0.6) is 0 Å². The lowest BCUT2D eigenvalue weighted by molar-refractivity contribution is 0.423. The zero-order valence-corrected chi connectivity index (χ0v) is 15.5. The third-order valence-corrected chi connectivity index (χ3v) is 4.31. The molecule has 27 heavy (non-hydrogen) atoms. The van der Waals surface area contributed by atoms with E-state index in [1.54, 1.807) is 12.4 Å². The summed E-state index contributed by atoms with van der Waals surface area (Å²) in [4.78, 5) is 9.99. The Balaban J connectivity index is 1.53. The van der Waals surface area contributed by atoms with Crippen molar-refractivity contribution in [2.75, 3.05) is 11.9 Å². The Kier molecular flexibility index (Phi) is 4.55. The van der Waals surface area contributed by atoms with Crippen LogP contribution in [0.4, 0.5) is 5.95 Å². The van der Waals surface area contributed by atoms with Crippen LogP contribution in [0.25, 0.3) is 22.7 Å². The van der Waals surface area contributed by atoms with Gasteiger partial charge in [-0.25, -0.2) is 9.97 Å². The van der Waals surface area contributed by atoms with E-state index >= 15 is 0 Å². The number of hydrogen-bond donors (Lipinski definition) is 0. The van der Waals surface area contributed by atoms with Crippen molar-refractivity contribution in [3.8, 4) is 22.7 Å². The van der Waals surface area contributed by atoms with E-state index < -0.39 is 0 Å². The van der Waals surface area contributed by atoms with E-state index in [1.165, 1.54) is 6.33 Å². The molecule has 0 amide bonds. The minimum Gasteiger partial charge on any atom is -0.356 e. The average Bonchev–Trinajstić information content (AvgIpc) is 3.29. The van der Waals surface area contributed by atoms with E-state index in [-0.39, 0.29) is 0 Å². The molecule has 0 bridgehead atoms. The second kappa shape index (κ2) is 7.16. The summed E-state index contributed by atoms with van der Waals surface area (Å²) in [6.45, 7) is 0.515. The minimum absolute atomic E-state index is 0.515. The number of anilines is 1. The number of nitrogens with zero attached hydrogens (tertiary/aromatic N) is 7. The number of rotatable bonds is 5. The first kappa shape index (κ1) is 17.2. The zero-order valence-electron chi connectivity index (χ0n) is 14.7. The van der Waals surface area contributed by atoms with Gasteiger partial charge in [0, 0.05) is 43.1 Å². The van der Waals surface area contributed by atoms with Crippen LogP contribution in [-0.4, -0.2) is 36.9 Å². The van der Waals surface area contributed by atoms with E-state index in [4.69, 9.17) is 16.1 Å². The van der Waals surface area contributed by atoms with E-state index in [0.717, 1.165) is 16.8 Å². The molecule has 0 unspecified atom stereocenters. The number of halogens is 1. The van der Waals surface area contributed by atoms with Gasteiger partial charge in [0.2, 0.25) is 5.95 Å². The molecule has 3 aromatic heterocycles. The van der Waals surface area contributed by atoms with Gasteiger partial charge in [0.15, 0.2) is 11.6 Å². The summed E-state index contributed by atoms with van der Waals surface area (Å²) in [5.41, 5.74) is 2.46. The van der Waals surface area contributed by atoms with Crippen molar-refractivity contribution < 1.29 is 4.52 Å². The Bertz CT molecular complexity index is 1060. The summed E-state index contributed by atoms with van der Waals surface area (Å²) in [6, 6.07) is 9.35. The van der Waals surface area contributed by atoms with Crippen molar-refractivity contribution in [1.82, 2.24) is 29.9 Å². The van der Waals surface area contributed by atoms with Crippen LogP contribution in [0.1, 0.15) is 5.69 Å². The average molecular weight is 382 g/mol. The highest BCUT2D eigenvalue weighted by Crippen LogP contribution is 2.25. The van der Waals surface area contributed by atoms with Crippen LogP contribution >= 0.6 is 11.6 Å². The second-order valence-corrected chi connectivity index (χ2v) is 6.50. The van der Waals surface area contributed by atoms with Crippen LogP contribution in [0.15, 0.2) is 53.6 Å². The smallest absolute Gasteiger partial charge is 0.227 e. The first-order valence-corrected chi connectivity index (χ1v) is 8.57. The van der Waals surface area contributed by atoms with Crippen molar-refractivity contribution in [3.63, 3.8) is 0 Å². The molecule has 0 N–H and O–H groups in total. The van der Waals surface area contributed by atoms with Gasteiger partial charge in [-0.3, -0.25) is 4.57 Å². The number of hydrogen-bond acceptors (Lipinski definition) is 7. The molecule has 0 radical (unpaired) electrons. The maximum Gasteiger partial charge on any atom is 0.227 e. The second-order valence-electron chi connectivity index (χ2n) is 6.06. The third-order valence-electron chi connectivity index (χ3n) is 4.08. The Morgan fingerprint density at radius 1 is 1.11 bits per heavy atom. The molecule has 0 spiro atoms. The van der Waals surface area contributed by atoms with Gasteiger partial charge in [0.05, 0.1) is 12.1 Å². The van der Waals surface area contributed by atoms with Gasteiger partial charge in [-0.15, -0.1) is 10.2 Å². The standard InChI is InChI=1S/C18H16ClN7O/c1-25(18-23-22-17(26(18)2)13-8-20-11-21-9-13)10-15-7-16(27-24-15)12-4-3-5-14(19)6-12/h3-9,11H,10H2,1-2H3. The topological polar surface area (TPSA) is 85.8 Å². The molecule has 0 atom stereocenters. The van der Waals surface area contributed by atoms with Gasteiger partial charge in [-0.2, -0.15) is 0 Å². The van der Waals surface area contributed by atoms with Crippen molar-refractivity contribution >= 4 is 17.5 Å². The molecule has 0 aliphatic heterocycles. The van der Waals surface area contributed by atoms with E-state index in [9.17, 15) is 0 Å². The maximum absolute atomic E-state index is 6.04. The third kappa shape index (κ3) is 3.52. The van der Waals surface area contributed by atoms with Crippen LogP contribution in [-0.2, 0) is 13.6 Å². The first-order valence-electron chi connectivity index (χ1n) is 8.19. The summed E-state index contributed by atoms with van der Waals surface area (Å²) >= 11 is 6.04. The summed E-state index contributed by atoms with van der Waals surface area (Å²) in [5.74, 6) is 2.05. The monoisotopic (exact) mass is 381 g/mol. The van der Waals surface area contributed by atoms with Gasteiger partial charge < -0.3 is 9.42 Å². The molecule has 0 aliphatic carbocycles. The van der Waals surface area contributed by atoms with Crippen LogP contribution in [0, 0.1) is 0 Å². The van der Waals surface area contributed by atoms with Crippen LogP contribution in [0.2, 0.25) is 5.02 Å². The molecule has 3 heterocycles. The largest absolute Gasteiger partial charge is 0.356 e. The molecule has 136 valence electrons. The van der Waals surface area contributed by atoms with Gasteiger partial charge in [-0.05, 0) is 12.1 Å². The number of aromatic nitrogens is 6. The highest BCUT2D eigenvalue weighted by atomic mass is 35.5. The molecular weight excluding hydrogens is 366 g/mol. The van der Waals surface area contributed by atoms with Gasteiger partial charge in [-0.1, -0.05) is 28.9 Å². The summed E-state index contributed by atoms with van der Waals surface area (Å²) < 4.78 is 7.34. The summed E-state index contributed by atoms with van der Waals surface area (Å²) in [7, 11) is 3.82. The fraction of sp³-hybridized carbons (Fsp3) is 0.167. The molecule has 9 heteroatoms. The van der Waals surface area contributed by atoms with Crippen molar-refractivity contribution in [2.45, 2.75) is 6.54 Å². The fourth-order valence-corrected chi connectivity index (χ4v) is 2.99. The van der Waals surface area contributed by atoms with E-state index in [0.29, 0.717) is 29.1 Å². The quantitative estimate of drug-likeness (QED) is 0.524. The Hall–Kier alpha value is -3.26. The maximum atomic E-state index is 6.04. The summed E-state index contributed by atoms with van der Waals surface area (Å²) in [5, 5.41) is 13.3. The van der Waals surface area contributed by atoms with Gasteiger partial charge in [0.25, 0.3) is 0 Å². The van der Waals surface area contributed by atoms with Crippen LogP contribution in [0.3, 0.4) is 0 Å². The molecule has 4 rings (SSSR count). The molecule has 0 fully saturated rings. The van der Waals surface area contributed by atoms with Crippen molar-refractivity contribution in [1.29, 1.82) is 0 Å². The fourth-order valence-electron chi connectivity index (χ4n) is 2.80. The van der Waals surface area contributed by atoms with E-state index in [1.807, 2.05) is 53.9 Å². The van der Waals surface area contributed by atoms with Crippen molar-refractivity contribution in [2.24, 2.45) is 7.05 Å². The summed E-state index contributed by atoms with van der Waals surface area (Å²) in [6.07, 6.45) is 4.89. The first-order chi connectivity index (χ1) is 13.1. The molecule has 1 aromatic carbocycles. The lowest BCUT2D eigenvalue weighted by atomic mass is 10.1. The SMILES string of the molecule is CN(Cc1cc(-c2cccc(Cl)c2)on1)c1nnc(-c2cncnc2)n1C.